The number of nitrogens with one attached hydrogen (secondary N) is 1. The van der Waals surface area contributed by atoms with E-state index in [2.05, 4.69) is 21.2 Å². The van der Waals surface area contributed by atoms with Gasteiger partial charge in [-0.1, -0.05) is 0 Å². The highest BCUT2D eigenvalue weighted by atomic mass is 79.9. The molecule has 0 atom stereocenters. The molecule has 90 valence electrons. The third-order valence-electron chi connectivity index (χ3n) is 1.87. The highest BCUT2D eigenvalue weighted by Crippen LogP contribution is 2.29. The van der Waals surface area contributed by atoms with E-state index in [1.165, 1.54) is 14.1 Å². The van der Waals surface area contributed by atoms with Gasteiger partial charge in [0.25, 0.3) is 10.0 Å². The minimum Gasteiger partial charge on any atom is -0.358 e. The van der Waals surface area contributed by atoms with E-state index >= 15 is 0 Å². The van der Waals surface area contributed by atoms with Gasteiger partial charge in [-0.15, -0.1) is 11.3 Å². The third kappa shape index (κ3) is 2.82. The molecule has 0 spiro atoms. The lowest BCUT2D eigenvalue weighted by Gasteiger charge is -2.15. The molecule has 1 aromatic rings. The van der Waals surface area contributed by atoms with Crippen LogP contribution in [0.5, 0.6) is 0 Å². The molecule has 5 nitrogen and oxygen atoms in total. The average molecular weight is 327 g/mol. The summed E-state index contributed by atoms with van der Waals surface area (Å²) in [4.78, 5) is 11.1. The van der Waals surface area contributed by atoms with Crippen LogP contribution in [0.15, 0.2) is 20.1 Å². The Balaban J connectivity index is 2.95. The predicted molar refractivity (Wildman–Crippen MR) is 65.9 cm³/mol. The summed E-state index contributed by atoms with van der Waals surface area (Å²) in [7, 11) is -0.753. The Labute approximate surface area is 107 Å². The minimum atomic E-state index is -3.59. The second-order valence-corrected chi connectivity index (χ2v) is 7.00. The summed E-state index contributed by atoms with van der Waals surface area (Å²) in [5, 5.41) is 4.05. The number of amides is 1. The van der Waals surface area contributed by atoms with Crippen molar-refractivity contribution in [3.05, 3.63) is 15.9 Å². The van der Waals surface area contributed by atoms with Gasteiger partial charge < -0.3 is 5.32 Å². The second-order valence-electron chi connectivity index (χ2n) is 2.99. The van der Waals surface area contributed by atoms with E-state index in [1.54, 1.807) is 11.4 Å². The Bertz CT molecular complexity index is 483. The molecule has 1 rings (SSSR count). The van der Waals surface area contributed by atoms with Crippen LogP contribution in [0.1, 0.15) is 0 Å². The lowest BCUT2D eigenvalue weighted by atomic mass is 10.6. The number of halogens is 1. The normalized spacial score (nSPS) is 11.8. The van der Waals surface area contributed by atoms with Crippen LogP contribution < -0.4 is 5.32 Å². The first kappa shape index (κ1) is 13.6. The van der Waals surface area contributed by atoms with Crippen molar-refractivity contribution in [1.29, 1.82) is 0 Å². The zero-order valence-corrected chi connectivity index (χ0v) is 11.9. The Kier molecular flexibility index (Phi) is 4.48. The zero-order chi connectivity index (χ0) is 12.3. The molecule has 1 amide bonds. The Morgan fingerprint density at radius 1 is 1.62 bits per heavy atom. The van der Waals surface area contributed by atoms with Crippen LogP contribution in [0, 0.1) is 0 Å². The number of sulfonamides is 1. The molecule has 0 aliphatic heterocycles. The Hall–Kier alpha value is -0.440. The van der Waals surface area contributed by atoms with Crippen molar-refractivity contribution >= 4 is 43.2 Å². The van der Waals surface area contributed by atoms with Crippen molar-refractivity contribution in [2.75, 3.05) is 20.6 Å². The zero-order valence-electron chi connectivity index (χ0n) is 8.73. The van der Waals surface area contributed by atoms with Crippen molar-refractivity contribution < 1.29 is 13.2 Å². The molecule has 0 aliphatic carbocycles. The van der Waals surface area contributed by atoms with Crippen LogP contribution in [0.3, 0.4) is 0 Å². The Morgan fingerprint density at radius 2 is 2.25 bits per heavy atom. The standard InChI is InChI=1S/C8H11BrN2O3S2/c1-10-7(12)5-11(2)16(13,14)8-6(9)3-4-15-8/h3-4H,5H2,1-2H3,(H,10,12). The molecule has 0 fully saturated rings. The molecule has 16 heavy (non-hydrogen) atoms. The maximum atomic E-state index is 12.0. The molecule has 0 aromatic carbocycles. The number of hydrogen-bond donors (Lipinski definition) is 1. The summed E-state index contributed by atoms with van der Waals surface area (Å²) < 4.78 is 25.7. The molecule has 1 N–H and O–H groups in total. The van der Waals surface area contributed by atoms with Crippen LogP contribution >= 0.6 is 27.3 Å². The summed E-state index contributed by atoms with van der Waals surface area (Å²) in [6, 6.07) is 1.66. The van der Waals surface area contributed by atoms with Crippen molar-refractivity contribution in [3.8, 4) is 0 Å². The number of rotatable bonds is 4. The molecule has 0 saturated heterocycles. The number of thiophene rings is 1. The molecule has 0 aliphatic rings. The van der Waals surface area contributed by atoms with E-state index in [0.29, 0.717) is 4.47 Å². The average Bonchev–Trinajstić information content (AvgIpc) is 2.64. The minimum absolute atomic E-state index is 0.191. The molecular weight excluding hydrogens is 316 g/mol. The van der Waals surface area contributed by atoms with Crippen molar-refractivity contribution in [1.82, 2.24) is 9.62 Å². The van der Waals surface area contributed by atoms with Gasteiger partial charge in [0.05, 0.1) is 6.54 Å². The first-order valence-electron chi connectivity index (χ1n) is 4.29. The van der Waals surface area contributed by atoms with Crippen LogP contribution in [-0.4, -0.2) is 39.3 Å². The Morgan fingerprint density at radius 3 is 2.69 bits per heavy atom. The van der Waals surface area contributed by atoms with Crippen molar-refractivity contribution in [2.24, 2.45) is 0 Å². The lowest BCUT2D eigenvalue weighted by molar-refractivity contribution is -0.120. The van der Waals surface area contributed by atoms with E-state index in [4.69, 9.17) is 0 Å². The van der Waals surface area contributed by atoms with Gasteiger partial charge in [-0.2, -0.15) is 4.31 Å². The van der Waals surface area contributed by atoms with E-state index in [1.807, 2.05) is 0 Å². The predicted octanol–water partition coefficient (Wildman–Crippen LogP) is 0.877. The molecule has 0 bridgehead atoms. The molecular formula is C8H11BrN2O3S2. The van der Waals surface area contributed by atoms with E-state index in [0.717, 1.165) is 15.6 Å². The summed E-state index contributed by atoms with van der Waals surface area (Å²) in [5.41, 5.74) is 0. The molecule has 0 unspecified atom stereocenters. The fourth-order valence-corrected chi connectivity index (χ4v) is 4.60. The molecule has 1 aromatic heterocycles. The summed E-state index contributed by atoms with van der Waals surface area (Å²) in [6.07, 6.45) is 0. The van der Waals surface area contributed by atoms with E-state index in [9.17, 15) is 13.2 Å². The highest BCUT2D eigenvalue weighted by molar-refractivity contribution is 9.10. The van der Waals surface area contributed by atoms with Crippen molar-refractivity contribution in [3.63, 3.8) is 0 Å². The van der Waals surface area contributed by atoms with Crippen LogP contribution in [0.2, 0.25) is 0 Å². The van der Waals surface area contributed by atoms with Gasteiger partial charge in [-0.05, 0) is 27.4 Å². The number of hydrogen-bond acceptors (Lipinski definition) is 4. The maximum absolute atomic E-state index is 12.0. The number of likely N-dealkylation sites (N-methyl/N-ethyl adjacent to an activating group) is 2. The van der Waals surface area contributed by atoms with Gasteiger partial charge in [0.2, 0.25) is 5.91 Å². The van der Waals surface area contributed by atoms with E-state index < -0.39 is 10.0 Å². The summed E-state index contributed by atoms with van der Waals surface area (Å²) in [5.74, 6) is -0.348. The first-order chi connectivity index (χ1) is 7.39. The van der Waals surface area contributed by atoms with Gasteiger partial charge in [-0.25, -0.2) is 8.42 Å². The number of carbonyl (C=O) groups excluding carboxylic acids is 1. The monoisotopic (exact) mass is 326 g/mol. The topological polar surface area (TPSA) is 66.5 Å². The quantitative estimate of drug-likeness (QED) is 0.893. The SMILES string of the molecule is CNC(=O)CN(C)S(=O)(=O)c1sccc1Br. The smallest absolute Gasteiger partial charge is 0.253 e. The maximum Gasteiger partial charge on any atom is 0.253 e. The van der Waals surface area contributed by atoms with Gasteiger partial charge in [-0.3, -0.25) is 4.79 Å². The second kappa shape index (κ2) is 5.26. The molecule has 8 heteroatoms. The fourth-order valence-electron chi connectivity index (χ4n) is 0.972. The summed E-state index contributed by atoms with van der Waals surface area (Å²) in [6.45, 7) is -0.191. The highest BCUT2D eigenvalue weighted by Gasteiger charge is 2.25. The van der Waals surface area contributed by atoms with Gasteiger partial charge >= 0.3 is 0 Å². The van der Waals surface area contributed by atoms with Gasteiger partial charge in [0, 0.05) is 18.6 Å². The van der Waals surface area contributed by atoms with Crippen LogP contribution in [0.25, 0.3) is 0 Å². The first-order valence-corrected chi connectivity index (χ1v) is 7.40. The number of nitrogens with zero attached hydrogens (tertiary/aromatic N) is 1. The van der Waals surface area contributed by atoms with Gasteiger partial charge in [0.15, 0.2) is 0 Å². The fraction of sp³-hybridized carbons (Fsp3) is 0.375. The molecule has 0 saturated carbocycles. The summed E-state index contributed by atoms with van der Waals surface area (Å²) >= 11 is 4.27. The molecule has 1 heterocycles. The number of carbonyl (C=O) groups is 1. The van der Waals surface area contributed by atoms with Crippen molar-refractivity contribution in [2.45, 2.75) is 4.21 Å². The lowest BCUT2D eigenvalue weighted by Crippen LogP contribution is -2.36. The molecule has 0 radical (unpaired) electrons. The van der Waals surface area contributed by atoms with Crippen LogP contribution in [0.4, 0.5) is 0 Å². The third-order valence-corrected chi connectivity index (χ3v) is 6.32. The van der Waals surface area contributed by atoms with Gasteiger partial charge in [0.1, 0.15) is 4.21 Å². The van der Waals surface area contributed by atoms with E-state index in [-0.39, 0.29) is 16.7 Å². The largest absolute Gasteiger partial charge is 0.358 e. The van der Waals surface area contributed by atoms with Crippen LogP contribution in [-0.2, 0) is 14.8 Å².